The van der Waals surface area contributed by atoms with Gasteiger partial charge in [-0.25, -0.2) is 14.3 Å². The molecular formula is C14H12N4O2. The molecule has 100 valence electrons. The molecule has 0 atom stereocenters. The molecule has 3 heterocycles. The third kappa shape index (κ3) is 1.91. The van der Waals surface area contributed by atoms with Crippen LogP contribution < -0.4 is 0 Å². The Morgan fingerprint density at radius 1 is 1.20 bits per heavy atom. The standard InChI is InChI=1S/C14H12N4O2/c1-9-16-13-11(14(19)20-2)3-4-12(18(13)17-9)10-5-7-15-8-6-10/h3-8H,1-2H3. The van der Waals surface area contributed by atoms with Gasteiger partial charge in [-0.15, -0.1) is 0 Å². The van der Waals surface area contributed by atoms with Gasteiger partial charge >= 0.3 is 5.97 Å². The van der Waals surface area contributed by atoms with Crippen molar-refractivity contribution in [1.82, 2.24) is 19.6 Å². The lowest BCUT2D eigenvalue weighted by Crippen LogP contribution is -2.06. The highest BCUT2D eigenvalue weighted by atomic mass is 16.5. The first kappa shape index (κ1) is 12.3. The Labute approximate surface area is 115 Å². The molecule has 0 saturated heterocycles. The minimum Gasteiger partial charge on any atom is -0.465 e. The molecule has 0 saturated carbocycles. The molecule has 0 bridgehead atoms. The fraction of sp³-hybridized carbons (Fsp3) is 0.143. The second-order valence-electron chi connectivity index (χ2n) is 4.25. The number of nitrogens with zero attached hydrogens (tertiary/aromatic N) is 4. The molecule has 0 fully saturated rings. The van der Waals surface area contributed by atoms with Crippen LogP contribution in [0.25, 0.3) is 16.9 Å². The third-order valence-corrected chi connectivity index (χ3v) is 2.97. The maximum absolute atomic E-state index is 11.8. The largest absolute Gasteiger partial charge is 0.465 e. The maximum atomic E-state index is 11.8. The van der Waals surface area contributed by atoms with Gasteiger partial charge in [-0.3, -0.25) is 4.98 Å². The van der Waals surface area contributed by atoms with Crippen LogP contribution in [0.1, 0.15) is 16.2 Å². The van der Waals surface area contributed by atoms with Gasteiger partial charge in [0, 0.05) is 18.0 Å². The first-order chi connectivity index (χ1) is 9.70. The van der Waals surface area contributed by atoms with Crippen molar-refractivity contribution in [1.29, 1.82) is 0 Å². The maximum Gasteiger partial charge on any atom is 0.341 e. The lowest BCUT2D eigenvalue weighted by atomic mass is 10.1. The number of hydrogen-bond acceptors (Lipinski definition) is 5. The van der Waals surface area contributed by atoms with Crippen molar-refractivity contribution in [3.63, 3.8) is 0 Å². The molecule has 6 nitrogen and oxygen atoms in total. The van der Waals surface area contributed by atoms with E-state index in [1.54, 1.807) is 29.9 Å². The predicted octanol–water partition coefficient (Wildman–Crippen LogP) is 1.89. The average Bonchev–Trinajstić information content (AvgIpc) is 2.87. The summed E-state index contributed by atoms with van der Waals surface area (Å²) in [6, 6.07) is 7.28. The molecule has 0 aliphatic carbocycles. The SMILES string of the molecule is COC(=O)c1ccc(-c2ccncc2)n2nc(C)nc12. The zero-order valence-electron chi connectivity index (χ0n) is 11.1. The number of fused-ring (bicyclic) bond motifs is 1. The molecule has 0 aliphatic rings. The molecule has 3 rings (SSSR count). The van der Waals surface area contributed by atoms with E-state index >= 15 is 0 Å². The lowest BCUT2D eigenvalue weighted by Gasteiger charge is -2.06. The molecule has 0 aliphatic heterocycles. The van der Waals surface area contributed by atoms with Gasteiger partial charge in [0.05, 0.1) is 12.8 Å². The van der Waals surface area contributed by atoms with Gasteiger partial charge in [-0.1, -0.05) is 0 Å². The Balaban J connectivity index is 2.29. The molecule has 0 N–H and O–H groups in total. The van der Waals surface area contributed by atoms with E-state index in [2.05, 4.69) is 15.1 Å². The number of hydrogen-bond donors (Lipinski definition) is 0. The summed E-state index contributed by atoms with van der Waals surface area (Å²) in [5.41, 5.74) is 2.68. The van der Waals surface area contributed by atoms with E-state index < -0.39 is 5.97 Å². The average molecular weight is 268 g/mol. The van der Waals surface area contributed by atoms with Gasteiger partial charge in [-0.2, -0.15) is 5.10 Å². The van der Waals surface area contributed by atoms with Gasteiger partial charge in [-0.05, 0) is 31.2 Å². The topological polar surface area (TPSA) is 69.4 Å². The summed E-state index contributed by atoms with van der Waals surface area (Å²) < 4.78 is 6.42. The highest BCUT2D eigenvalue weighted by Crippen LogP contribution is 2.22. The van der Waals surface area contributed by atoms with Crippen LogP contribution in [0.2, 0.25) is 0 Å². The fourth-order valence-corrected chi connectivity index (χ4v) is 2.08. The van der Waals surface area contributed by atoms with E-state index in [1.165, 1.54) is 7.11 Å². The highest BCUT2D eigenvalue weighted by Gasteiger charge is 2.16. The van der Waals surface area contributed by atoms with Crippen LogP contribution in [0.5, 0.6) is 0 Å². The van der Waals surface area contributed by atoms with E-state index in [1.807, 2.05) is 18.2 Å². The Kier molecular flexibility index (Phi) is 2.90. The number of pyridine rings is 2. The van der Waals surface area contributed by atoms with E-state index in [0.717, 1.165) is 11.3 Å². The van der Waals surface area contributed by atoms with Crippen molar-refractivity contribution >= 4 is 11.6 Å². The van der Waals surface area contributed by atoms with Crippen LogP contribution >= 0.6 is 0 Å². The number of carbonyl (C=O) groups excluding carboxylic acids is 1. The normalized spacial score (nSPS) is 10.7. The summed E-state index contributed by atoms with van der Waals surface area (Å²) in [4.78, 5) is 20.1. The van der Waals surface area contributed by atoms with Crippen molar-refractivity contribution in [2.24, 2.45) is 0 Å². The van der Waals surface area contributed by atoms with Crippen molar-refractivity contribution in [3.05, 3.63) is 48.0 Å². The number of ether oxygens (including phenoxy) is 1. The number of aromatic nitrogens is 4. The second kappa shape index (κ2) is 4.73. The number of esters is 1. The Morgan fingerprint density at radius 2 is 1.95 bits per heavy atom. The number of aryl methyl sites for hydroxylation is 1. The van der Waals surface area contributed by atoms with E-state index in [-0.39, 0.29) is 0 Å². The summed E-state index contributed by atoms with van der Waals surface area (Å²) in [5, 5.41) is 4.34. The lowest BCUT2D eigenvalue weighted by molar-refractivity contribution is 0.0602. The number of methoxy groups -OCH3 is 1. The molecule has 0 aromatic carbocycles. The Morgan fingerprint density at radius 3 is 2.65 bits per heavy atom. The van der Waals surface area contributed by atoms with Crippen LogP contribution in [0.3, 0.4) is 0 Å². The van der Waals surface area contributed by atoms with Gasteiger partial charge in [0.2, 0.25) is 0 Å². The summed E-state index contributed by atoms with van der Waals surface area (Å²) in [7, 11) is 1.35. The van der Waals surface area contributed by atoms with Crippen molar-refractivity contribution in [3.8, 4) is 11.3 Å². The van der Waals surface area contributed by atoms with Crippen LogP contribution in [0, 0.1) is 6.92 Å². The molecular weight excluding hydrogens is 256 g/mol. The minimum absolute atomic E-state index is 0.394. The monoisotopic (exact) mass is 268 g/mol. The van der Waals surface area contributed by atoms with Gasteiger partial charge < -0.3 is 4.74 Å². The van der Waals surface area contributed by atoms with Gasteiger partial charge in [0.25, 0.3) is 0 Å². The van der Waals surface area contributed by atoms with Crippen molar-refractivity contribution in [2.45, 2.75) is 6.92 Å². The summed E-state index contributed by atoms with van der Waals surface area (Å²) in [6.07, 6.45) is 3.42. The molecule has 20 heavy (non-hydrogen) atoms. The van der Waals surface area contributed by atoms with Crippen molar-refractivity contribution < 1.29 is 9.53 Å². The summed E-state index contributed by atoms with van der Waals surface area (Å²) >= 11 is 0. The minimum atomic E-state index is -0.427. The quantitative estimate of drug-likeness (QED) is 0.664. The zero-order valence-corrected chi connectivity index (χ0v) is 11.1. The Hall–Kier alpha value is -2.76. The molecule has 0 amide bonds. The number of rotatable bonds is 2. The smallest absolute Gasteiger partial charge is 0.341 e. The van der Waals surface area contributed by atoms with Gasteiger partial charge in [0.15, 0.2) is 5.65 Å². The molecule has 0 spiro atoms. The Bertz CT molecular complexity index is 780. The molecule has 0 radical (unpaired) electrons. The highest BCUT2D eigenvalue weighted by molar-refractivity contribution is 5.96. The molecule has 3 aromatic rings. The van der Waals surface area contributed by atoms with Crippen LogP contribution in [0.4, 0.5) is 0 Å². The second-order valence-corrected chi connectivity index (χ2v) is 4.25. The molecule has 3 aromatic heterocycles. The van der Waals surface area contributed by atoms with Gasteiger partial charge in [0.1, 0.15) is 11.4 Å². The van der Waals surface area contributed by atoms with Crippen molar-refractivity contribution in [2.75, 3.05) is 7.11 Å². The molecule has 0 unspecified atom stereocenters. The third-order valence-electron chi connectivity index (χ3n) is 2.97. The van der Waals surface area contributed by atoms with E-state index in [4.69, 9.17) is 4.74 Å². The fourth-order valence-electron chi connectivity index (χ4n) is 2.08. The first-order valence-corrected chi connectivity index (χ1v) is 6.06. The first-order valence-electron chi connectivity index (χ1n) is 6.06. The van der Waals surface area contributed by atoms with Crippen LogP contribution in [0.15, 0.2) is 36.7 Å². The summed E-state index contributed by atoms with van der Waals surface area (Å²) in [5.74, 6) is 0.167. The van der Waals surface area contributed by atoms with Crippen LogP contribution in [-0.4, -0.2) is 32.7 Å². The van der Waals surface area contributed by atoms with Crippen LogP contribution in [-0.2, 0) is 4.74 Å². The summed E-state index contributed by atoms with van der Waals surface area (Å²) in [6.45, 7) is 1.78. The zero-order chi connectivity index (χ0) is 14.1. The predicted molar refractivity (Wildman–Crippen MR) is 72.3 cm³/mol. The number of carbonyl (C=O) groups is 1. The molecule has 6 heteroatoms. The van der Waals surface area contributed by atoms with E-state index in [0.29, 0.717) is 17.0 Å². The van der Waals surface area contributed by atoms with E-state index in [9.17, 15) is 4.79 Å².